The second-order valence-electron chi connectivity index (χ2n) is 4.37. The summed E-state index contributed by atoms with van der Waals surface area (Å²) in [6.45, 7) is 8.18. The molecule has 2 aromatic rings. The Morgan fingerprint density at radius 2 is 2.16 bits per heavy atom. The number of carbonyl (C=O) groups excluding carboxylic acids is 1. The summed E-state index contributed by atoms with van der Waals surface area (Å²) in [4.78, 5) is 11.8. The third-order valence-electron chi connectivity index (χ3n) is 2.86. The zero-order valence-corrected chi connectivity index (χ0v) is 11.6. The van der Waals surface area contributed by atoms with Crippen molar-refractivity contribution in [3.8, 4) is 0 Å². The first kappa shape index (κ1) is 13.3. The lowest BCUT2D eigenvalue weighted by atomic mass is 10.2. The van der Waals surface area contributed by atoms with E-state index in [1.165, 1.54) is 0 Å². The van der Waals surface area contributed by atoms with Crippen molar-refractivity contribution in [2.75, 3.05) is 6.61 Å². The summed E-state index contributed by atoms with van der Waals surface area (Å²) in [5.41, 5.74) is 2.90. The van der Waals surface area contributed by atoms with Crippen LogP contribution in [-0.4, -0.2) is 27.5 Å². The second kappa shape index (κ2) is 5.26. The van der Waals surface area contributed by atoms with Crippen LogP contribution in [0.15, 0.2) is 10.6 Å². The van der Waals surface area contributed by atoms with Gasteiger partial charge in [-0.1, -0.05) is 5.16 Å². The molecule has 0 aliphatic rings. The number of ether oxygens (including phenoxy) is 1. The summed E-state index contributed by atoms with van der Waals surface area (Å²) in [6, 6.07) is 1.98. The Balaban J connectivity index is 2.32. The lowest BCUT2D eigenvalue weighted by Gasteiger charge is -2.05. The van der Waals surface area contributed by atoms with E-state index in [2.05, 4.69) is 10.3 Å². The van der Waals surface area contributed by atoms with Crippen LogP contribution in [0.2, 0.25) is 0 Å². The fraction of sp³-hybridized carbons (Fsp3) is 0.462. The summed E-state index contributed by atoms with van der Waals surface area (Å²) < 4.78 is 11.9. The molecule has 6 heteroatoms. The van der Waals surface area contributed by atoms with E-state index in [1.54, 1.807) is 13.8 Å². The molecule has 0 unspecified atom stereocenters. The number of nitrogens with zero attached hydrogens (tertiary/aromatic N) is 3. The molecule has 102 valence electrons. The van der Waals surface area contributed by atoms with Crippen molar-refractivity contribution in [1.29, 1.82) is 0 Å². The number of hydrogen-bond donors (Lipinski definition) is 0. The highest BCUT2D eigenvalue weighted by Crippen LogP contribution is 2.17. The monoisotopic (exact) mass is 263 g/mol. The SMILES string of the molecule is CCOC(=O)c1noc(C)c1Cn1nc(C)cc1C. The number of rotatable bonds is 4. The zero-order valence-electron chi connectivity index (χ0n) is 11.6. The maximum absolute atomic E-state index is 11.8. The molecule has 0 aliphatic heterocycles. The Morgan fingerprint density at radius 1 is 1.42 bits per heavy atom. The summed E-state index contributed by atoms with van der Waals surface area (Å²) >= 11 is 0. The average Bonchev–Trinajstić information content (AvgIpc) is 2.85. The van der Waals surface area contributed by atoms with Crippen LogP contribution in [0.25, 0.3) is 0 Å². The van der Waals surface area contributed by atoms with Gasteiger partial charge < -0.3 is 9.26 Å². The molecule has 0 spiro atoms. The van der Waals surface area contributed by atoms with Crippen molar-refractivity contribution >= 4 is 5.97 Å². The molecule has 6 nitrogen and oxygen atoms in total. The molecule has 2 rings (SSSR count). The van der Waals surface area contributed by atoms with Crippen molar-refractivity contribution in [3.05, 3.63) is 34.5 Å². The Bertz CT molecular complexity index is 598. The third-order valence-corrected chi connectivity index (χ3v) is 2.86. The van der Waals surface area contributed by atoms with Crippen molar-refractivity contribution in [3.63, 3.8) is 0 Å². The normalized spacial score (nSPS) is 10.7. The third kappa shape index (κ3) is 2.67. The van der Waals surface area contributed by atoms with E-state index in [-0.39, 0.29) is 5.69 Å². The highest BCUT2D eigenvalue weighted by atomic mass is 16.5. The molecule has 0 saturated carbocycles. The Hall–Kier alpha value is -2.11. The van der Waals surface area contributed by atoms with Gasteiger partial charge in [0.15, 0.2) is 5.69 Å². The van der Waals surface area contributed by atoms with Gasteiger partial charge in [0.05, 0.1) is 24.4 Å². The highest BCUT2D eigenvalue weighted by molar-refractivity contribution is 5.88. The standard InChI is InChI=1S/C13H17N3O3/c1-5-18-13(17)12-11(10(4)19-15-12)7-16-9(3)6-8(2)14-16/h6H,5,7H2,1-4H3. The van der Waals surface area contributed by atoms with Crippen LogP contribution in [0.3, 0.4) is 0 Å². The maximum Gasteiger partial charge on any atom is 0.360 e. The summed E-state index contributed by atoms with van der Waals surface area (Å²) in [5, 5.41) is 8.14. The van der Waals surface area contributed by atoms with Crippen LogP contribution in [0.5, 0.6) is 0 Å². The van der Waals surface area contributed by atoms with Gasteiger partial charge in [0.1, 0.15) is 5.76 Å². The number of esters is 1. The molecule has 0 bridgehead atoms. The van der Waals surface area contributed by atoms with Crippen LogP contribution in [-0.2, 0) is 11.3 Å². The molecule has 0 aliphatic carbocycles. The van der Waals surface area contributed by atoms with Crippen molar-refractivity contribution in [2.24, 2.45) is 0 Å². The zero-order chi connectivity index (χ0) is 14.0. The predicted molar refractivity (Wildman–Crippen MR) is 68.0 cm³/mol. The maximum atomic E-state index is 11.8. The summed E-state index contributed by atoms with van der Waals surface area (Å²) in [6.07, 6.45) is 0. The lowest BCUT2D eigenvalue weighted by molar-refractivity contribution is 0.0513. The number of hydrogen-bond acceptors (Lipinski definition) is 5. The topological polar surface area (TPSA) is 70.2 Å². The van der Waals surface area contributed by atoms with E-state index in [0.29, 0.717) is 24.5 Å². The minimum Gasteiger partial charge on any atom is -0.461 e. The molecular formula is C13H17N3O3. The van der Waals surface area contributed by atoms with Gasteiger partial charge in [-0.2, -0.15) is 5.10 Å². The van der Waals surface area contributed by atoms with Gasteiger partial charge in [0, 0.05) is 5.69 Å². The van der Waals surface area contributed by atoms with Crippen LogP contribution in [0.4, 0.5) is 0 Å². The smallest absolute Gasteiger partial charge is 0.360 e. The average molecular weight is 263 g/mol. The Labute approximate surface area is 111 Å². The van der Waals surface area contributed by atoms with E-state index in [9.17, 15) is 4.79 Å². The van der Waals surface area contributed by atoms with Crippen LogP contribution in [0, 0.1) is 20.8 Å². The van der Waals surface area contributed by atoms with Gasteiger partial charge in [0.25, 0.3) is 0 Å². The first-order valence-corrected chi connectivity index (χ1v) is 6.16. The van der Waals surface area contributed by atoms with Crippen molar-refractivity contribution in [2.45, 2.75) is 34.2 Å². The molecule has 2 heterocycles. The van der Waals surface area contributed by atoms with Gasteiger partial charge in [-0.15, -0.1) is 0 Å². The van der Waals surface area contributed by atoms with Gasteiger partial charge in [0.2, 0.25) is 0 Å². The Kier molecular flexibility index (Phi) is 3.69. The Morgan fingerprint density at radius 3 is 2.74 bits per heavy atom. The van der Waals surface area contributed by atoms with E-state index in [4.69, 9.17) is 9.26 Å². The summed E-state index contributed by atoms with van der Waals surface area (Å²) in [7, 11) is 0. The first-order chi connectivity index (χ1) is 9.02. The molecule has 0 N–H and O–H groups in total. The molecule has 2 aromatic heterocycles. The van der Waals surface area contributed by atoms with Gasteiger partial charge in [-0.25, -0.2) is 4.79 Å². The van der Waals surface area contributed by atoms with E-state index >= 15 is 0 Å². The molecule has 0 saturated heterocycles. The van der Waals surface area contributed by atoms with Gasteiger partial charge >= 0.3 is 5.97 Å². The largest absolute Gasteiger partial charge is 0.461 e. The minimum absolute atomic E-state index is 0.229. The predicted octanol–water partition coefficient (Wildman–Crippen LogP) is 2.02. The van der Waals surface area contributed by atoms with Crippen LogP contribution in [0.1, 0.15) is 40.1 Å². The fourth-order valence-corrected chi connectivity index (χ4v) is 1.92. The minimum atomic E-state index is -0.462. The number of aryl methyl sites for hydroxylation is 3. The number of aromatic nitrogens is 3. The molecule has 0 amide bonds. The first-order valence-electron chi connectivity index (χ1n) is 6.16. The van der Waals surface area contributed by atoms with E-state index < -0.39 is 5.97 Å². The van der Waals surface area contributed by atoms with Crippen LogP contribution < -0.4 is 0 Å². The van der Waals surface area contributed by atoms with Crippen molar-refractivity contribution < 1.29 is 14.1 Å². The van der Waals surface area contributed by atoms with Gasteiger partial charge in [-0.3, -0.25) is 4.68 Å². The molecule has 0 radical (unpaired) electrons. The van der Waals surface area contributed by atoms with Gasteiger partial charge in [-0.05, 0) is 33.8 Å². The summed E-state index contributed by atoms with van der Waals surface area (Å²) in [5.74, 6) is 0.145. The molecule has 0 fully saturated rings. The van der Waals surface area contributed by atoms with E-state index in [0.717, 1.165) is 11.4 Å². The lowest BCUT2D eigenvalue weighted by Crippen LogP contribution is -2.12. The molecule has 0 atom stereocenters. The van der Waals surface area contributed by atoms with Crippen molar-refractivity contribution in [1.82, 2.24) is 14.9 Å². The number of carbonyl (C=O) groups is 1. The quantitative estimate of drug-likeness (QED) is 0.789. The second-order valence-corrected chi connectivity index (χ2v) is 4.37. The highest BCUT2D eigenvalue weighted by Gasteiger charge is 2.21. The molecular weight excluding hydrogens is 246 g/mol. The van der Waals surface area contributed by atoms with Crippen LogP contribution >= 0.6 is 0 Å². The molecule has 19 heavy (non-hydrogen) atoms. The van der Waals surface area contributed by atoms with E-state index in [1.807, 2.05) is 24.6 Å². The molecule has 0 aromatic carbocycles. The fourth-order valence-electron chi connectivity index (χ4n) is 1.92.